The highest BCUT2D eigenvalue weighted by atomic mass is 79.9. The van der Waals surface area contributed by atoms with E-state index < -0.39 is 0 Å². The first-order valence-electron chi connectivity index (χ1n) is 2.89. The summed E-state index contributed by atoms with van der Waals surface area (Å²) in [6.07, 6.45) is 0.880. The Morgan fingerprint density at radius 1 is 1.64 bits per heavy atom. The lowest BCUT2D eigenvalue weighted by molar-refractivity contribution is 0.112. The van der Waals surface area contributed by atoms with E-state index in [4.69, 9.17) is 5.11 Å². The van der Waals surface area contributed by atoms with Crippen LogP contribution in [0.3, 0.4) is 0 Å². The lowest BCUT2D eigenvalue weighted by Gasteiger charge is -1.84. The van der Waals surface area contributed by atoms with Gasteiger partial charge in [0.15, 0.2) is 6.29 Å². The highest BCUT2D eigenvalue weighted by Crippen LogP contribution is 2.24. The van der Waals surface area contributed by atoms with Crippen molar-refractivity contribution in [1.29, 1.82) is 0 Å². The maximum atomic E-state index is 10.2. The van der Waals surface area contributed by atoms with Crippen molar-refractivity contribution < 1.29 is 9.90 Å². The molecule has 0 fully saturated rings. The van der Waals surface area contributed by atoms with Gasteiger partial charge < -0.3 is 5.11 Å². The Morgan fingerprint density at radius 3 is 2.36 bits per heavy atom. The number of hydrogen-bond donors (Lipinski definition) is 1. The molecule has 0 bridgehead atoms. The molecule has 0 saturated carbocycles. The first kappa shape index (κ1) is 10.8. The summed E-state index contributed by atoms with van der Waals surface area (Å²) in [5, 5.41) is 8.92. The summed E-state index contributed by atoms with van der Waals surface area (Å²) in [5.41, 5.74) is 1.04. The van der Waals surface area contributed by atoms with Crippen LogP contribution in [0, 0.1) is 6.92 Å². The van der Waals surface area contributed by atoms with E-state index in [1.54, 1.807) is 0 Å². The summed E-state index contributed by atoms with van der Waals surface area (Å²) in [6, 6.07) is 0. The van der Waals surface area contributed by atoms with Crippen molar-refractivity contribution >= 4 is 33.6 Å². The molecule has 62 valence electrons. The number of aliphatic hydroxyl groups is 1. The molecular weight excluding hydrogens is 228 g/mol. The molecule has 0 aliphatic rings. The van der Waals surface area contributed by atoms with Gasteiger partial charge >= 0.3 is 0 Å². The predicted molar refractivity (Wildman–Crippen MR) is 50.3 cm³/mol. The van der Waals surface area contributed by atoms with Gasteiger partial charge in [-0.15, -0.1) is 11.3 Å². The highest BCUT2D eigenvalue weighted by Gasteiger charge is 2.01. The number of carbonyl (C=O) groups excluding carboxylic acids is 1. The van der Waals surface area contributed by atoms with E-state index in [0.717, 1.165) is 28.3 Å². The van der Waals surface area contributed by atoms with Crippen LogP contribution in [0.5, 0.6) is 0 Å². The smallest absolute Gasteiger partial charge is 0.160 e. The molecule has 0 atom stereocenters. The standard InChI is InChI=1S/C6H5BrOS.CH4O/c1-4-5(7)3-9-6(4)2-8;1-2/h2-3H,1H3;2H,1H3. The lowest BCUT2D eigenvalue weighted by atomic mass is 10.3. The fraction of sp³-hybridized carbons (Fsp3) is 0.286. The molecule has 0 spiro atoms. The molecule has 1 rings (SSSR count). The van der Waals surface area contributed by atoms with Gasteiger partial charge in [0.25, 0.3) is 0 Å². The summed E-state index contributed by atoms with van der Waals surface area (Å²) < 4.78 is 1.02. The number of rotatable bonds is 1. The van der Waals surface area contributed by atoms with Crippen LogP contribution in [0.2, 0.25) is 0 Å². The molecular formula is C7H9BrO2S. The zero-order valence-corrected chi connectivity index (χ0v) is 8.70. The number of aliphatic hydroxyl groups excluding tert-OH is 1. The Labute approximate surface area is 78.0 Å². The van der Waals surface area contributed by atoms with Gasteiger partial charge in [0.1, 0.15) is 0 Å². The average Bonchev–Trinajstić information content (AvgIpc) is 2.37. The molecule has 1 heterocycles. The fourth-order valence-electron chi connectivity index (χ4n) is 0.526. The number of carbonyl (C=O) groups is 1. The van der Waals surface area contributed by atoms with Gasteiger partial charge in [-0.3, -0.25) is 4.79 Å². The van der Waals surface area contributed by atoms with Crippen LogP contribution in [0.15, 0.2) is 9.85 Å². The second kappa shape index (κ2) is 5.46. The maximum Gasteiger partial charge on any atom is 0.160 e. The van der Waals surface area contributed by atoms with Crippen molar-refractivity contribution in [1.82, 2.24) is 0 Å². The monoisotopic (exact) mass is 236 g/mol. The zero-order valence-electron chi connectivity index (χ0n) is 6.30. The van der Waals surface area contributed by atoms with E-state index in [0.29, 0.717) is 0 Å². The molecule has 0 amide bonds. The molecule has 2 nitrogen and oxygen atoms in total. The molecule has 1 aromatic rings. The Kier molecular flexibility index (Phi) is 5.36. The largest absolute Gasteiger partial charge is 0.400 e. The Hall–Kier alpha value is -0.190. The topological polar surface area (TPSA) is 37.3 Å². The van der Waals surface area contributed by atoms with Crippen molar-refractivity contribution in [2.24, 2.45) is 0 Å². The molecule has 0 radical (unpaired) electrons. The van der Waals surface area contributed by atoms with E-state index in [1.165, 1.54) is 11.3 Å². The van der Waals surface area contributed by atoms with Gasteiger partial charge in [0.05, 0.1) is 4.88 Å². The third-order valence-corrected chi connectivity index (χ3v) is 3.26. The number of halogens is 1. The van der Waals surface area contributed by atoms with E-state index >= 15 is 0 Å². The minimum Gasteiger partial charge on any atom is -0.400 e. The number of hydrogen-bond acceptors (Lipinski definition) is 3. The molecule has 1 N–H and O–H groups in total. The van der Waals surface area contributed by atoms with Crippen molar-refractivity contribution in [2.45, 2.75) is 6.92 Å². The maximum absolute atomic E-state index is 10.2. The van der Waals surface area contributed by atoms with Gasteiger partial charge in [-0.05, 0) is 28.4 Å². The molecule has 11 heavy (non-hydrogen) atoms. The quantitative estimate of drug-likeness (QED) is 0.760. The van der Waals surface area contributed by atoms with E-state index in [1.807, 2.05) is 12.3 Å². The van der Waals surface area contributed by atoms with Gasteiger partial charge in [0.2, 0.25) is 0 Å². The van der Waals surface area contributed by atoms with Crippen molar-refractivity contribution in [2.75, 3.05) is 7.11 Å². The van der Waals surface area contributed by atoms with Gasteiger partial charge in [0, 0.05) is 17.0 Å². The van der Waals surface area contributed by atoms with Crippen LogP contribution >= 0.6 is 27.3 Å². The first-order chi connectivity index (χ1) is 5.25. The summed E-state index contributed by atoms with van der Waals surface area (Å²) in [5.74, 6) is 0. The second-order valence-electron chi connectivity index (χ2n) is 1.69. The summed E-state index contributed by atoms with van der Waals surface area (Å²) in [6.45, 7) is 1.92. The number of thiophene rings is 1. The highest BCUT2D eigenvalue weighted by molar-refractivity contribution is 9.10. The normalized spacial score (nSPS) is 8.36. The molecule has 0 unspecified atom stereocenters. The Balaban J connectivity index is 0.000000461. The van der Waals surface area contributed by atoms with Gasteiger partial charge in [-0.1, -0.05) is 0 Å². The molecule has 0 saturated heterocycles. The summed E-state index contributed by atoms with van der Waals surface area (Å²) >= 11 is 4.77. The third-order valence-electron chi connectivity index (χ3n) is 1.12. The third kappa shape index (κ3) is 2.73. The molecule has 4 heteroatoms. The van der Waals surface area contributed by atoms with Crippen LogP contribution in [0.4, 0.5) is 0 Å². The van der Waals surface area contributed by atoms with Crippen LogP contribution in [-0.2, 0) is 0 Å². The first-order valence-corrected chi connectivity index (χ1v) is 4.56. The number of aldehydes is 1. The van der Waals surface area contributed by atoms with E-state index in [-0.39, 0.29) is 0 Å². The van der Waals surface area contributed by atoms with Crippen LogP contribution < -0.4 is 0 Å². The van der Waals surface area contributed by atoms with Crippen molar-refractivity contribution in [3.63, 3.8) is 0 Å². The van der Waals surface area contributed by atoms with E-state index in [9.17, 15) is 4.79 Å². The summed E-state index contributed by atoms with van der Waals surface area (Å²) in [4.78, 5) is 11.0. The summed E-state index contributed by atoms with van der Waals surface area (Å²) in [7, 11) is 1.00. The zero-order chi connectivity index (χ0) is 8.85. The van der Waals surface area contributed by atoms with Gasteiger partial charge in [-0.2, -0.15) is 0 Å². The SMILES string of the molecule is CO.Cc1c(Br)csc1C=O. The van der Waals surface area contributed by atoms with Crippen molar-refractivity contribution in [3.05, 3.63) is 20.3 Å². The average molecular weight is 237 g/mol. The second-order valence-corrected chi connectivity index (χ2v) is 3.46. The van der Waals surface area contributed by atoms with Gasteiger partial charge in [-0.25, -0.2) is 0 Å². The Bertz CT molecular complexity index is 232. The Morgan fingerprint density at radius 2 is 2.18 bits per heavy atom. The van der Waals surface area contributed by atoms with Crippen LogP contribution in [-0.4, -0.2) is 18.5 Å². The molecule has 0 aliphatic heterocycles. The van der Waals surface area contributed by atoms with Crippen LogP contribution in [0.25, 0.3) is 0 Å². The predicted octanol–water partition coefficient (Wildman–Crippen LogP) is 2.24. The minimum atomic E-state index is 0.807. The lowest BCUT2D eigenvalue weighted by Crippen LogP contribution is -1.74. The minimum absolute atomic E-state index is 0.807. The van der Waals surface area contributed by atoms with Crippen molar-refractivity contribution in [3.8, 4) is 0 Å². The molecule has 0 aliphatic carbocycles. The fourth-order valence-corrected chi connectivity index (χ4v) is 1.90. The van der Waals surface area contributed by atoms with E-state index in [2.05, 4.69) is 15.9 Å². The molecule has 1 aromatic heterocycles. The van der Waals surface area contributed by atoms with Crippen LogP contribution in [0.1, 0.15) is 15.2 Å². The molecule has 0 aromatic carbocycles.